The van der Waals surface area contributed by atoms with Crippen LogP contribution in [-0.2, 0) is 4.79 Å². The van der Waals surface area contributed by atoms with Gasteiger partial charge in [0.2, 0.25) is 5.91 Å². The molecule has 2 aromatic carbocycles. The second-order valence-electron chi connectivity index (χ2n) is 7.04. The van der Waals surface area contributed by atoms with Crippen molar-refractivity contribution in [3.05, 3.63) is 54.1 Å². The lowest BCUT2D eigenvalue weighted by molar-refractivity contribution is -0.118. The number of benzene rings is 2. The van der Waals surface area contributed by atoms with E-state index in [0.717, 1.165) is 42.7 Å². The number of nitrogens with two attached hydrogens (primary N) is 1. The Morgan fingerprint density at radius 1 is 1.15 bits per heavy atom. The summed E-state index contributed by atoms with van der Waals surface area (Å²) in [4.78, 5) is 25.8. The van der Waals surface area contributed by atoms with Crippen LogP contribution in [0.5, 0.6) is 5.75 Å². The lowest BCUT2D eigenvalue weighted by atomic mass is 9.92. The molecule has 5 nitrogen and oxygen atoms in total. The fourth-order valence-electron chi connectivity index (χ4n) is 3.69. The molecule has 3 rings (SSSR count). The van der Waals surface area contributed by atoms with Crippen molar-refractivity contribution in [2.75, 3.05) is 20.2 Å². The van der Waals surface area contributed by atoms with Gasteiger partial charge in [0, 0.05) is 30.6 Å². The fourth-order valence-corrected chi connectivity index (χ4v) is 3.69. The molecule has 0 saturated carbocycles. The highest BCUT2D eigenvalue weighted by atomic mass is 16.5. The lowest BCUT2D eigenvalue weighted by Crippen LogP contribution is -2.40. The van der Waals surface area contributed by atoms with Gasteiger partial charge in [-0.3, -0.25) is 9.59 Å². The summed E-state index contributed by atoms with van der Waals surface area (Å²) in [5, 5.41) is 0. The van der Waals surface area contributed by atoms with Gasteiger partial charge in [-0.2, -0.15) is 0 Å². The molecular weight excluding hydrogens is 340 g/mol. The second-order valence-corrected chi connectivity index (χ2v) is 7.04. The molecule has 0 aliphatic carbocycles. The maximum Gasteiger partial charge on any atom is 0.253 e. The van der Waals surface area contributed by atoms with Gasteiger partial charge in [0.05, 0.1) is 7.11 Å². The molecule has 5 heteroatoms. The zero-order chi connectivity index (χ0) is 19.2. The standard InChI is InChI=1S/C22H26N2O3/c1-27-20-7-3-2-6-19(20)17-9-11-18(12-10-17)22(26)24-14-4-5-16(15-24)8-13-21(23)25/h2-3,6-7,9-12,16H,4-5,8,13-15H2,1H3,(H2,23,25)/t16-/m1/s1. The van der Waals surface area contributed by atoms with E-state index < -0.39 is 0 Å². The van der Waals surface area contributed by atoms with Gasteiger partial charge in [-0.25, -0.2) is 0 Å². The maximum atomic E-state index is 12.9. The molecule has 0 aromatic heterocycles. The normalized spacial score (nSPS) is 16.8. The highest BCUT2D eigenvalue weighted by Gasteiger charge is 2.24. The van der Waals surface area contributed by atoms with Gasteiger partial charge < -0.3 is 15.4 Å². The first-order valence-corrected chi connectivity index (χ1v) is 9.39. The summed E-state index contributed by atoms with van der Waals surface area (Å²) in [5.74, 6) is 0.934. The molecule has 1 aliphatic heterocycles. The van der Waals surface area contributed by atoms with E-state index in [0.29, 0.717) is 24.4 Å². The number of primary amides is 1. The number of likely N-dealkylation sites (tertiary alicyclic amines) is 1. The van der Waals surface area contributed by atoms with Crippen LogP contribution >= 0.6 is 0 Å². The Morgan fingerprint density at radius 2 is 1.89 bits per heavy atom. The summed E-state index contributed by atoms with van der Waals surface area (Å²) >= 11 is 0. The van der Waals surface area contributed by atoms with Crippen molar-refractivity contribution in [2.45, 2.75) is 25.7 Å². The third kappa shape index (κ3) is 4.67. The minimum Gasteiger partial charge on any atom is -0.496 e. The number of hydrogen-bond acceptors (Lipinski definition) is 3. The number of amides is 2. The largest absolute Gasteiger partial charge is 0.496 e. The van der Waals surface area contributed by atoms with E-state index in [9.17, 15) is 9.59 Å². The summed E-state index contributed by atoms with van der Waals surface area (Å²) in [7, 11) is 1.65. The topological polar surface area (TPSA) is 72.6 Å². The molecule has 1 fully saturated rings. The van der Waals surface area contributed by atoms with E-state index in [1.165, 1.54) is 0 Å². The van der Waals surface area contributed by atoms with E-state index in [4.69, 9.17) is 10.5 Å². The van der Waals surface area contributed by atoms with E-state index in [1.807, 2.05) is 53.4 Å². The average molecular weight is 366 g/mol. The number of carbonyl (C=O) groups is 2. The first-order valence-electron chi connectivity index (χ1n) is 9.39. The SMILES string of the molecule is COc1ccccc1-c1ccc(C(=O)N2CCC[C@H](CCC(N)=O)C2)cc1. The van der Waals surface area contributed by atoms with Crippen molar-refractivity contribution < 1.29 is 14.3 Å². The summed E-state index contributed by atoms with van der Waals surface area (Å²) in [5.41, 5.74) is 7.95. The quantitative estimate of drug-likeness (QED) is 0.851. The Bertz CT molecular complexity index is 801. The molecule has 1 aliphatic rings. The predicted molar refractivity (Wildman–Crippen MR) is 105 cm³/mol. The zero-order valence-corrected chi connectivity index (χ0v) is 15.7. The number of para-hydroxylation sites is 1. The highest BCUT2D eigenvalue weighted by molar-refractivity contribution is 5.95. The number of methoxy groups -OCH3 is 1. The summed E-state index contributed by atoms with van der Waals surface area (Å²) < 4.78 is 5.42. The Hall–Kier alpha value is -2.82. The van der Waals surface area contributed by atoms with Gasteiger partial charge in [-0.05, 0) is 48.9 Å². The Morgan fingerprint density at radius 3 is 2.59 bits per heavy atom. The summed E-state index contributed by atoms with van der Waals surface area (Å²) in [6.07, 6.45) is 3.16. The van der Waals surface area contributed by atoms with Crippen LogP contribution in [0.25, 0.3) is 11.1 Å². The molecule has 142 valence electrons. The highest BCUT2D eigenvalue weighted by Crippen LogP contribution is 2.30. The first-order chi connectivity index (χ1) is 13.1. The van der Waals surface area contributed by atoms with Crippen molar-refractivity contribution >= 4 is 11.8 Å². The number of ether oxygens (including phenoxy) is 1. The molecule has 0 radical (unpaired) electrons. The van der Waals surface area contributed by atoms with Gasteiger partial charge in [-0.15, -0.1) is 0 Å². The second kappa shape index (κ2) is 8.71. The lowest BCUT2D eigenvalue weighted by Gasteiger charge is -2.32. The average Bonchev–Trinajstić information content (AvgIpc) is 2.72. The van der Waals surface area contributed by atoms with Crippen LogP contribution in [0.4, 0.5) is 0 Å². The Balaban J connectivity index is 1.69. The molecule has 1 atom stereocenters. The zero-order valence-electron chi connectivity index (χ0n) is 15.7. The van der Waals surface area contributed by atoms with Crippen LogP contribution < -0.4 is 10.5 Å². The third-order valence-corrected chi connectivity index (χ3v) is 5.16. The van der Waals surface area contributed by atoms with Crippen LogP contribution in [0.3, 0.4) is 0 Å². The van der Waals surface area contributed by atoms with Crippen LogP contribution in [-0.4, -0.2) is 36.9 Å². The molecule has 1 saturated heterocycles. The summed E-state index contributed by atoms with van der Waals surface area (Å²) in [6, 6.07) is 15.5. The van der Waals surface area contributed by atoms with Crippen molar-refractivity contribution in [1.29, 1.82) is 0 Å². The van der Waals surface area contributed by atoms with Crippen molar-refractivity contribution in [3.63, 3.8) is 0 Å². The first kappa shape index (κ1) is 19.0. The van der Waals surface area contributed by atoms with Crippen LogP contribution in [0.15, 0.2) is 48.5 Å². The Labute approximate surface area is 160 Å². The smallest absolute Gasteiger partial charge is 0.253 e. The van der Waals surface area contributed by atoms with Crippen molar-refractivity contribution in [2.24, 2.45) is 11.7 Å². The summed E-state index contributed by atoms with van der Waals surface area (Å²) in [6.45, 7) is 1.46. The van der Waals surface area contributed by atoms with Crippen LogP contribution in [0.2, 0.25) is 0 Å². The van der Waals surface area contributed by atoms with Gasteiger partial charge in [0.1, 0.15) is 5.75 Å². The molecule has 2 N–H and O–H groups in total. The van der Waals surface area contributed by atoms with E-state index in [2.05, 4.69) is 0 Å². The van der Waals surface area contributed by atoms with Gasteiger partial charge in [-0.1, -0.05) is 30.3 Å². The number of piperidine rings is 1. The Kier molecular flexibility index (Phi) is 6.12. The van der Waals surface area contributed by atoms with Gasteiger partial charge in [0.15, 0.2) is 0 Å². The minimum absolute atomic E-state index is 0.0466. The molecule has 1 heterocycles. The minimum atomic E-state index is -0.273. The van der Waals surface area contributed by atoms with E-state index in [1.54, 1.807) is 7.11 Å². The number of carbonyl (C=O) groups excluding carboxylic acids is 2. The number of nitrogens with zero attached hydrogens (tertiary/aromatic N) is 1. The van der Waals surface area contributed by atoms with Gasteiger partial charge in [0.25, 0.3) is 5.91 Å². The van der Waals surface area contributed by atoms with Crippen molar-refractivity contribution in [1.82, 2.24) is 4.90 Å². The fraction of sp³-hybridized carbons (Fsp3) is 0.364. The molecule has 2 amide bonds. The van der Waals surface area contributed by atoms with Crippen molar-refractivity contribution in [3.8, 4) is 16.9 Å². The van der Waals surface area contributed by atoms with E-state index >= 15 is 0 Å². The number of hydrogen-bond donors (Lipinski definition) is 1. The van der Waals surface area contributed by atoms with Gasteiger partial charge >= 0.3 is 0 Å². The molecule has 0 bridgehead atoms. The van der Waals surface area contributed by atoms with Crippen LogP contribution in [0, 0.1) is 5.92 Å². The predicted octanol–water partition coefficient (Wildman–Crippen LogP) is 3.48. The monoisotopic (exact) mass is 366 g/mol. The molecule has 2 aromatic rings. The molecule has 0 spiro atoms. The third-order valence-electron chi connectivity index (χ3n) is 5.16. The molecule has 27 heavy (non-hydrogen) atoms. The number of rotatable bonds is 6. The molecular formula is C22H26N2O3. The van der Waals surface area contributed by atoms with E-state index in [-0.39, 0.29) is 11.8 Å². The van der Waals surface area contributed by atoms with Crippen LogP contribution in [0.1, 0.15) is 36.0 Å². The maximum absolute atomic E-state index is 12.9. The molecule has 0 unspecified atom stereocenters.